The summed E-state index contributed by atoms with van der Waals surface area (Å²) in [7, 11) is 3.02. The SMILES string of the molecule is Cn1cc(/C=C/c2nc3cc(Cl)ccc3o2)c(=O)n(C)c1=O. The fraction of sp³-hybridized carbons (Fsp3) is 0.133. The molecule has 0 saturated heterocycles. The van der Waals surface area contributed by atoms with E-state index in [0.29, 0.717) is 27.6 Å². The maximum atomic E-state index is 12.0. The van der Waals surface area contributed by atoms with E-state index in [-0.39, 0.29) is 11.2 Å². The summed E-state index contributed by atoms with van der Waals surface area (Å²) in [6.45, 7) is 0. The van der Waals surface area contributed by atoms with Gasteiger partial charge in [-0.1, -0.05) is 11.6 Å². The molecule has 0 spiro atoms. The van der Waals surface area contributed by atoms with Crippen LogP contribution in [0.4, 0.5) is 0 Å². The minimum absolute atomic E-state index is 0.355. The van der Waals surface area contributed by atoms with E-state index in [1.54, 1.807) is 37.4 Å². The molecule has 3 rings (SSSR count). The quantitative estimate of drug-likeness (QED) is 0.725. The Balaban J connectivity index is 2.03. The Labute approximate surface area is 129 Å². The van der Waals surface area contributed by atoms with Crippen LogP contribution in [-0.2, 0) is 14.1 Å². The van der Waals surface area contributed by atoms with Gasteiger partial charge in [0.05, 0.1) is 5.56 Å². The van der Waals surface area contributed by atoms with E-state index < -0.39 is 0 Å². The lowest BCUT2D eigenvalue weighted by Crippen LogP contribution is -2.37. The van der Waals surface area contributed by atoms with Crippen LogP contribution in [0, 0.1) is 0 Å². The Morgan fingerprint density at radius 2 is 2.00 bits per heavy atom. The molecule has 6 nitrogen and oxygen atoms in total. The van der Waals surface area contributed by atoms with E-state index in [2.05, 4.69) is 4.98 Å². The number of fused-ring (bicyclic) bond motifs is 1. The third-order valence-corrected chi connectivity index (χ3v) is 3.48. The van der Waals surface area contributed by atoms with Gasteiger partial charge >= 0.3 is 5.69 Å². The molecule has 112 valence electrons. The lowest BCUT2D eigenvalue weighted by atomic mass is 10.3. The highest BCUT2D eigenvalue weighted by atomic mass is 35.5. The smallest absolute Gasteiger partial charge is 0.330 e. The van der Waals surface area contributed by atoms with E-state index in [0.717, 1.165) is 4.57 Å². The standard InChI is InChI=1S/C15H12ClN3O3/c1-18-8-9(14(20)19(2)15(18)21)3-6-13-17-11-7-10(16)4-5-12(11)22-13/h3-8H,1-2H3/b6-3+. The fourth-order valence-corrected chi connectivity index (χ4v) is 2.27. The molecule has 22 heavy (non-hydrogen) atoms. The average molecular weight is 318 g/mol. The first-order chi connectivity index (χ1) is 10.5. The van der Waals surface area contributed by atoms with Crippen molar-refractivity contribution in [2.24, 2.45) is 14.1 Å². The molecule has 0 radical (unpaired) electrons. The van der Waals surface area contributed by atoms with Gasteiger partial charge in [-0.15, -0.1) is 0 Å². The molecule has 0 atom stereocenters. The van der Waals surface area contributed by atoms with Crippen LogP contribution >= 0.6 is 11.6 Å². The highest BCUT2D eigenvalue weighted by Gasteiger charge is 2.06. The van der Waals surface area contributed by atoms with Crippen LogP contribution in [0.5, 0.6) is 0 Å². The summed E-state index contributed by atoms with van der Waals surface area (Å²) in [6, 6.07) is 5.14. The summed E-state index contributed by atoms with van der Waals surface area (Å²) in [4.78, 5) is 27.9. The summed E-state index contributed by atoms with van der Waals surface area (Å²) in [5.74, 6) is 0.355. The number of hydrogen-bond donors (Lipinski definition) is 0. The molecule has 0 aliphatic carbocycles. The fourth-order valence-electron chi connectivity index (χ4n) is 2.10. The minimum Gasteiger partial charge on any atom is -0.437 e. The molecule has 0 aliphatic rings. The molecule has 0 aliphatic heterocycles. The maximum Gasteiger partial charge on any atom is 0.330 e. The number of aromatic nitrogens is 3. The molecule has 7 heteroatoms. The Bertz CT molecular complexity index is 1010. The van der Waals surface area contributed by atoms with Gasteiger partial charge in [0.25, 0.3) is 5.56 Å². The highest BCUT2D eigenvalue weighted by molar-refractivity contribution is 6.31. The van der Waals surface area contributed by atoms with E-state index in [9.17, 15) is 9.59 Å². The first-order valence-corrected chi connectivity index (χ1v) is 6.84. The summed E-state index contributed by atoms with van der Waals surface area (Å²) in [5, 5.41) is 0.572. The maximum absolute atomic E-state index is 12.0. The second kappa shape index (κ2) is 5.31. The van der Waals surface area contributed by atoms with Crippen molar-refractivity contribution in [1.82, 2.24) is 14.1 Å². The Hall–Kier alpha value is -2.60. The third kappa shape index (κ3) is 2.48. The van der Waals surface area contributed by atoms with Gasteiger partial charge in [-0.3, -0.25) is 9.36 Å². The van der Waals surface area contributed by atoms with Crippen LogP contribution in [0.1, 0.15) is 11.5 Å². The van der Waals surface area contributed by atoms with Gasteiger partial charge in [0, 0.05) is 31.4 Å². The van der Waals surface area contributed by atoms with E-state index in [1.165, 1.54) is 17.8 Å². The molecule has 0 bridgehead atoms. The molecule has 0 N–H and O–H groups in total. The predicted octanol–water partition coefficient (Wildman–Crippen LogP) is 2.05. The van der Waals surface area contributed by atoms with Gasteiger partial charge in [0.15, 0.2) is 5.58 Å². The van der Waals surface area contributed by atoms with Crippen molar-refractivity contribution in [3.63, 3.8) is 0 Å². The van der Waals surface area contributed by atoms with Crippen molar-refractivity contribution in [2.75, 3.05) is 0 Å². The van der Waals surface area contributed by atoms with Crippen molar-refractivity contribution in [3.05, 3.63) is 61.7 Å². The normalized spacial score (nSPS) is 11.6. The second-order valence-electron chi connectivity index (χ2n) is 4.84. The zero-order chi connectivity index (χ0) is 15.9. The Kier molecular flexibility index (Phi) is 3.46. The van der Waals surface area contributed by atoms with E-state index >= 15 is 0 Å². The van der Waals surface area contributed by atoms with Gasteiger partial charge in [0.1, 0.15) is 5.52 Å². The lowest BCUT2D eigenvalue weighted by Gasteiger charge is -2.02. The van der Waals surface area contributed by atoms with Gasteiger partial charge in [-0.05, 0) is 24.3 Å². The van der Waals surface area contributed by atoms with Crippen LogP contribution in [0.15, 0.2) is 38.4 Å². The van der Waals surface area contributed by atoms with Crippen molar-refractivity contribution in [2.45, 2.75) is 0 Å². The molecular formula is C15H12ClN3O3. The minimum atomic E-state index is -0.376. The molecule has 0 fully saturated rings. The van der Waals surface area contributed by atoms with Crippen LogP contribution in [0.2, 0.25) is 5.02 Å². The van der Waals surface area contributed by atoms with Gasteiger partial charge < -0.3 is 8.98 Å². The third-order valence-electron chi connectivity index (χ3n) is 3.24. The predicted molar refractivity (Wildman–Crippen MR) is 84.9 cm³/mol. The first kappa shape index (κ1) is 14.3. The van der Waals surface area contributed by atoms with Gasteiger partial charge in [-0.25, -0.2) is 9.78 Å². The van der Waals surface area contributed by atoms with Gasteiger partial charge in [-0.2, -0.15) is 0 Å². The largest absolute Gasteiger partial charge is 0.437 e. The number of nitrogens with zero attached hydrogens (tertiary/aromatic N) is 3. The van der Waals surface area contributed by atoms with Crippen LogP contribution in [0.3, 0.4) is 0 Å². The first-order valence-electron chi connectivity index (χ1n) is 6.46. The molecule has 2 aromatic heterocycles. The van der Waals surface area contributed by atoms with Crippen LogP contribution in [-0.4, -0.2) is 14.1 Å². The number of halogens is 1. The van der Waals surface area contributed by atoms with Crippen molar-refractivity contribution >= 4 is 34.9 Å². The molecule has 0 unspecified atom stereocenters. The molecule has 2 heterocycles. The highest BCUT2D eigenvalue weighted by Crippen LogP contribution is 2.20. The Morgan fingerprint density at radius 3 is 2.77 bits per heavy atom. The molecule has 1 aromatic carbocycles. The molecule has 3 aromatic rings. The molecular weight excluding hydrogens is 306 g/mol. The molecule has 0 amide bonds. The summed E-state index contributed by atoms with van der Waals surface area (Å²) >= 11 is 5.90. The zero-order valence-corrected chi connectivity index (χ0v) is 12.7. The molecule has 0 saturated carbocycles. The number of benzene rings is 1. The van der Waals surface area contributed by atoms with Crippen molar-refractivity contribution in [3.8, 4) is 0 Å². The van der Waals surface area contributed by atoms with Crippen LogP contribution < -0.4 is 11.2 Å². The average Bonchev–Trinajstić information content (AvgIpc) is 2.89. The number of hydrogen-bond acceptors (Lipinski definition) is 4. The summed E-state index contributed by atoms with van der Waals surface area (Å²) in [6.07, 6.45) is 4.61. The van der Waals surface area contributed by atoms with Crippen molar-refractivity contribution in [1.29, 1.82) is 0 Å². The van der Waals surface area contributed by atoms with Crippen molar-refractivity contribution < 1.29 is 4.42 Å². The van der Waals surface area contributed by atoms with Gasteiger partial charge in [0.2, 0.25) is 5.89 Å². The summed E-state index contributed by atoms with van der Waals surface area (Å²) < 4.78 is 7.92. The monoisotopic (exact) mass is 317 g/mol. The van der Waals surface area contributed by atoms with E-state index in [4.69, 9.17) is 16.0 Å². The number of aryl methyl sites for hydroxylation is 1. The summed E-state index contributed by atoms with van der Waals surface area (Å²) in [5.41, 5.74) is 0.861. The Morgan fingerprint density at radius 1 is 1.23 bits per heavy atom. The number of rotatable bonds is 2. The van der Waals surface area contributed by atoms with Crippen LogP contribution in [0.25, 0.3) is 23.3 Å². The number of oxazole rings is 1. The van der Waals surface area contributed by atoms with E-state index in [1.807, 2.05) is 0 Å². The zero-order valence-electron chi connectivity index (χ0n) is 11.9. The lowest BCUT2D eigenvalue weighted by molar-refractivity contribution is 0.589. The topological polar surface area (TPSA) is 70.0 Å². The second-order valence-corrected chi connectivity index (χ2v) is 5.28.